The van der Waals surface area contributed by atoms with Crippen LogP contribution in [0.3, 0.4) is 0 Å². The molecule has 21 aromatic rings. The normalized spacial score (nSPS) is 10.9. The maximum atomic E-state index is 13.2. The Labute approximate surface area is 822 Å². The predicted octanol–water partition coefficient (Wildman–Crippen LogP) is 30.1. The van der Waals surface area contributed by atoms with Crippen molar-refractivity contribution in [2.45, 2.75) is 101 Å². The van der Waals surface area contributed by atoms with Crippen LogP contribution in [-0.4, -0.2) is 44.9 Å². The van der Waals surface area contributed by atoms with E-state index in [1.54, 1.807) is 42.9 Å². The molecule has 0 aliphatic heterocycles. The molecule has 0 saturated heterocycles. The minimum atomic E-state index is -0.254. The van der Waals surface area contributed by atoms with Crippen LogP contribution >= 0.6 is 0 Å². The number of hydrogen-bond donors (Lipinski definition) is 0. The average molecular weight is 2290 g/mol. The van der Waals surface area contributed by atoms with E-state index >= 15 is 0 Å². The minimum Gasteiger partial charge on any atom is -0.486 e. The molecule has 17 heteroatoms. The quantitative estimate of drug-likeness (QED) is 0.0845. The van der Waals surface area contributed by atoms with E-state index in [0.717, 1.165) is 175 Å². The molecule has 0 fully saturated rings. The summed E-state index contributed by atoms with van der Waals surface area (Å²) in [4.78, 5) is 40.1. The van der Waals surface area contributed by atoms with Gasteiger partial charge in [-0.2, -0.15) is 0 Å². The Morgan fingerprint density at radius 1 is 0.284 bits per heavy atom. The number of aryl methyl sites for hydroxylation is 3. The Hall–Kier alpha value is -13.5. The summed E-state index contributed by atoms with van der Waals surface area (Å²) < 4.78 is 44.5. The van der Waals surface area contributed by atoms with Gasteiger partial charge in [0.2, 0.25) is 17.1 Å². The number of fused-ring (bicyclic) bond motifs is 9. The van der Waals surface area contributed by atoms with E-state index in [-0.39, 0.29) is 72.0 Å². The molecule has 3 radical (unpaired) electrons. The zero-order chi connectivity index (χ0) is 90.9. The molecule has 12 nitrogen and oxygen atoms in total. The Morgan fingerprint density at radius 3 is 0.963 bits per heavy atom. The SMILES string of the molecule is CC(C)Cc1c[c-]c(-c2ccccn2)cc1.CC(C)Cc1c[c-]c(-c2ccccn2)cc1.CC(C)c1c[c-]c(-c2ccccn2)cc1.Cc1ccc2c(n1)oc1c(-c3cc(-c4ccc(CC(C)C)cc4)ccn3)[c-]ccc12.Cc1ccc2c(n1)oc1c(-c3cc(-c4ccc(F)cc4)ccn3)[c-]ccc12.Cc1ccc2c(n1)oc1c(-c3ccc(-c4ccc(F)cc4)cn3)[c-]ccc12.[Ir].[Ir].[Ir]. The zero-order valence-electron chi connectivity index (χ0n) is 76.1. The first-order valence-corrected chi connectivity index (χ1v) is 44.1. The number of halogens is 2. The molecule has 9 aromatic carbocycles. The molecule has 0 aliphatic rings. The first-order chi connectivity index (χ1) is 63.7. The number of pyridine rings is 9. The van der Waals surface area contributed by atoms with Crippen molar-refractivity contribution in [1.29, 1.82) is 0 Å². The molecule has 0 amide bonds. The maximum Gasteiger partial charge on any atom is 0.216 e. The zero-order valence-corrected chi connectivity index (χ0v) is 83.3. The first-order valence-electron chi connectivity index (χ1n) is 44.1. The van der Waals surface area contributed by atoms with Gasteiger partial charge < -0.3 is 43.2 Å². The summed E-state index contributed by atoms with van der Waals surface area (Å²) in [5.41, 5.74) is 29.2. The molecule has 0 bridgehead atoms. The molecule has 0 saturated carbocycles. The van der Waals surface area contributed by atoms with Gasteiger partial charge >= 0.3 is 0 Å². The third kappa shape index (κ3) is 24.7. The molecule has 0 spiro atoms. The fraction of sp³-hybridized carbons (Fsp3) is 0.154. The number of rotatable bonds is 16. The molecular formula is C117H97F2Ir3N9O3-6. The molecule has 0 aliphatic carbocycles. The van der Waals surface area contributed by atoms with Crippen LogP contribution in [0.15, 0.2) is 342 Å². The smallest absolute Gasteiger partial charge is 0.216 e. The largest absolute Gasteiger partial charge is 0.486 e. The molecule has 21 rings (SSSR count). The summed E-state index contributed by atoms with van der Waals surface area (Å²) >= 11 is 0. The monoisotopic (exact) mass is 2290 g/mol. The van der Waals surface area contributed by atoms with Crippen molar-refractivity contribution in [1.82, 2.24) is 44.9 Å². The van der Waals surface area contributed by atoms with Gasteiger partial charge in [-0.15, -0.1) is 161 Å². The minimum absolute atomic E-state index is 0. The van der Waals surface area contributed by atoms with Crippen molar-refractivity contribution < 1.29 is 82.3 Å². The van der Waals surface area contributed by atoms with E-state index < -0.39 is 0 Å². The average Bonchev–Trinajstić information content (AvgIpc) is 1.62. The predicted molar refractivity (Wildman–Crippen MR) is 526 cm³/mol. The molecule has 0 atom stereocenters. The van der Waals surface area contributed by atoms with E-state index in [2.05, 4.69) is 228 Å². The van der Waals surface area contributed by atoms with Crippen molar-refractivity contribution in [2.75, 3.05) is 0 Å². The van der Waals surface area contributed by atoms with E-state index in [1.165, 1.54) is 52.1 Å². The summed E-state index contributed by atoms with van der Waals surface area (Å²) in [6.45, 7) is 23.6. The summed E-state index contributed by atoms with van der Waals surface area (Å²) in [5.74, 6) is 2.08. The van der Waals surface area contributed by atoms with Crippen LogP contribution in [0.4, 0.5) is 8.78 Å². The topological polar surface area (TPSA) is 155 Å². The van der Waals surface area contributed by atoms with Gasteiger partial charge in [-0.3, -0.25) is 0 Å². The molecular weight excluding hydrogens is 2190 g/mol. The Morgan fingerprint density at radius 2 is 0.627 bits per heavy atom. The van der Waals surface area contributed by atoms with Gasteiger partial charge in [0.15, 0.2) is 0 Å². The second-order valence-electron chi connectivity index (χ2n) is 33.9. The number of hydrogen-bond acceptors (Lipinski definition) is 12. The summed E-state index contributed by atoms with van der Waals surface area (Å²) in [7, 11) is 0. The van der Waals surface area contributed by atoms with Crippen LogP contribution in [0.1, 0.15) is 101 Å². The fourth-order valence-electron chi connectivity index (χ4n) is 15.5. The first kappa shape index (κ1) is 98.1. The van der Waals surface area contributed by atoms with E-state index in [4.69, 9.17) is 13.3 Å². The van der Waals surface area contributed by atoms with Crippen LogP contribution in [-0.2, 0) is 79.6 Å². The van der Waals surface area contributed by atoms with Gasteiger partial charge in [0.25, 0.3) is 0 Å². The third-order valence-electron chi connectivity index (χ3n) is 22.0. The second-order valence-corrected chi connectivity index (χ2v) is 33.9. The van der Waals surface area contributed by atoms with Gasteiger partial charge in [-0.05, 0) is 197 Å². The molecule has 0 N–H and O–H groups in total. The standard InChI is InChI=1S/C27H23N2O.2C23H14FN2O.2C15H16N.C14H14N.3Ir/c1-17(2)15-19-8-10-20(11-9-19)21-13-14-28-25(16-21)24-6-4-5-22-23-12-7-18(3)29-27(23)30-26(22)24;1-14-5-11-19-18-3-2-4-20(22(18)27-23(19)26-14)21-12-8-16(13-25-21)15-6-9-17(24)10-7-15;1-14-5-10-19-18-3-2-4-20(22(18)27-23(19)26-14)21-13-16(11-12-25-21)15-6-8-17(24)9-7-15;2*1-12(2)11-13-6-8-14(9-7-13)15-5-3-4-10-16-15;1-11(2)12-6-8-13(9-7-12)14-5-3-4-10-15-14;;;/h4-5,7-14,16-17H,15H2,1-3H3;2*2-3,5-13H,1H3;2*3-8,10,12H,11H2,1-2H3;3-8,10-11H,1-2H3;;;/q6*-1;;;. The van der Waals surface area contributed by atoms with Crippen molar-refractivity contribution in [3.8, 4) is 101 Å². The summed E-state index contributed by atoms with van der Waals surface area (Å²) in [6, 6.07) is 114. The Kier molecular flexibility index (Phi) is 33.9. The van der Waals surface area contributed by atoms with Crippen LogP contribution in [0.25, 0.3) is 167 Å². The van der Waals surface area contributed by atoms with Gasteiger partial charge in [0, 0.05) is 131 Å². The number of benzene rings is 9. The fourth-order valence-corrected chi connectivity index (χ4v) is 15.5. The van der Waals surface area contributed by atoms with E-state index in [9.17, 15) is 8.78 Å². The molecule has 12 heterocycles. The van der Waals surface area contributed by atoms with Gasteiger partial charge in [0.05, 0.1) is 16.7 Å². The Balaban J connectivity index is 0.000000139. The summed E-state index contributed by atoms with van der Waals surface area (Å²) in [6.07, 6.45) is 14.1. The van der Waals surface area contributed by atoms with Crippen molar-refractivity contribution in [2.24, 2.45) is 17.8 Å². The van der Waals surface area contributed by atoms with Crippen LogP contribution < -0.4 is 0 Å². The maximum absolute atomic E-state index is 13.2. The Bertz CT molecular complexity index is 7300. The van der Waals surface area contributed by atoms with Crippen LogP contribution in [0, 0.1) is 86.6 Å². The van der Waals surface area contributed by atoms with Crippen LogP contribution in [0.2, 0.25) is 0 Å². The second kappa shape index (κ2) is 46.3. The van der Waals surface area contributed by atoms with Gasteiger partial charge in [0.1, 0.15) is 11.6 Å². The number of furan rings is 3. The van der Waals surface area contributed by atoms with Crippen LogP contribution in [0.5, 0.6) is 0 Å². The van der Waals surface area contributed by atoms with Crippen molar-refractivity contribution in [3.63, 3.8) is 0 Å². The van der Waals surface area contributed by atoms with Gasteiger partial charge in [-0.25, -0.2) is 23.7 Å². The van der Waals surface area contributed by atoms with E-state index in [0.29, 0.717) is 46.4 Å². The summed E-state index contributed by atoms with van der Waals surface area (Å²) in [5, 5.41) is 5.99. The molecule has 12 aromatic heterocycles. The third-order valence-corrected chi connectivity index (χ3v) is 22.0. The molecule has 0 unspecified atom stereocenters. The van der Waals surface area contributed by atoms with E-state index in [1.807, 2.05) is 191 Å². The number of aromatic nitrogens is 9. The number of nitrogens with zero attached hydrogens (tertiary/aromatic N) is 9. The molecule has 134 heavy (non-hydrogen) atoms. The molecule has 675 valence electrons. The van der Waals surface area contributed by atoms with Gasteiger partial charge in [-0.1, -0.05) is 228 Å². The van der Waals surface area contributed by atoms with Crippen molar-refractivity contribution >= 4 is 66.2 Å². The van der Waals surface area contributed by atoms with Crippen molar-refractivity contribution in [3.05, 3.63) is 416 Å².